The summed E-state index contributed by atoms with van der Waals surface area (Å²) in [5.74, 6) is -0.438. The number of aliphatic hydroxyl groups excluding tert-OH is 1. The standard InChI is InChI=1S/C31H33NO5/c1-5-6-16-37-25-15-14-23(18-26(25)36-4)28-27(29(33)24-17-20(2)12-13-21(24)3)30(34)31(35)32(28)19-22-10-8-7-9-11-22/h7-15,17-18,28,33H,5-6,16,19H2,1-4H3. The van der Waals surface area contributed by atoms with Gasteiger partial charge in [-0.1, -0.05) is 67.4 Å². The first-order valence-electron chi connectivity index (χ1n) is 12.6. The van der Waals surface area contributed by atoms with Crippen LogP contribution < -0.4 is 9.47 Å². The van der Waals surface area contributed by atoms with Crippen molar-refractivity contribution in [2.24, 2.45) is 0 Å². The molecule has 1 amide bonds. The highest BCUT2D eigenvalue weighted by atomic mass is 16.5. The summed E-state index contributed by atoms with van der Waals surface area (Å²) in [4.78, 5) is 28.3. The Morgan fingerprint density at radius 2 is 1.73 bits per heavy atom. The van der Waals surface area contributed by atoms with Gasteiger partial charge in [-0.2, -0.15) is 0 Å². The second kappa shape index (κ2) is 11.3. The van der Waals surface area contributed by atoms with Gasteiger partial charge in [-0.15, -0.1) is 0 Å². The summed E-state index contributed by atoms with van der Waals surface area (Å²) < 4.78 is 11.5. The maximum atomic E-state index is 13.4. The minimum Gasteiger partial charge on any atom is -0.507 e. The van der Waals surface area contributed by atoms with Crippen LogP contribution in [0.4, 0.5) is 0 Å². The first kappa shape index (κ1) is 26.0. The van der Waals surface area contributed by atoms with Gasteiger partial charge in [0.05, 0.1) is 25.3 Å². The Labute approximate surface area is 218 Å². The minimum absolute atomic E-state index is 0.0661. The van der Waals surface area contributed by atoms with Crippen LogP contribution in [0, 0.1) is 13.8 Å². The zero-order chi connectivity index (χ0) is 26.5. The molecule has 1 aliphatic heterocycles. The van der Waals surface area contributed by atoms with E-state index in [0.717, 1.165) is 29.5 Å². The Balaban J connectivity index is 1.86. The third-order valence-electron chi connectivity index (χ3n) is 6.64. The molecule has 0 aliphatic carbocycles. The predicted molar refractivity (Wildman–Crippen MR) is 144 cm³/mol. The molecule has 3 aromatic rings. The van der Waals surface area contributed by atoms with Gasteiger partial charge in [0.15, 0.2) is 11.5 Å². The lowest BCUT2D eigenvalue weighted by molar-refractivity contribution is -0.140. The highest BCUT2D eigenvalue weighted by molar-refractivity contribution is 6.46. The molecule has 1 atom stereocenters. The second-order valence-electron chi connectivity index (χ2n) is 9.34. The number of likely N-dealkylation sites (tertiary alicyclic amines) is 1. The SMILES string of the molecule is CCCCOc1ccc(C2C(=C(O)c3cc(C)ccc3C)C(=O)C(=O)N2Cc2ccccc2)cc1OC. The van der Waals surface area contributed by atoms with Crippen LogP contribution in [0.3, 0.4) is 0 Å². The number of amides is 1. The van der Waals surface area contributed by atoms with Crippen molar-refractivity contribution < 1.29 is 24.2 Å². The number of ether oxygens (including phenoxy) is 2. The van der Waals surface area contributed by atoms with Crippen molar-refractivity contribution in [2.75, 3.05) is 13.7 Å². The maximum absolute atomic E-state index is 13.4. The van der Waals surface area contributed by atoms with Crippen molar-refractivity contribution in [2.45, 2.75) is 46.2 Å². The lowest BCUT2D eigenvalue weighted by Gasteiger charge is -2.26. The zero-order valence-corrected chi connectivity index (χ0v) is 21.8. The molecule has 1 heterocycles. The monoisotopic (exact) mass is 499 g/mol. The van der Waals surface area contributed by atoms with Gasteiger partial charge >= 0.3 is 0 Å². The summed E-state index contributed by atoms with van der Waals surface area (Å²) in [6.07, 6.45) is 1.92. The van der Waals surface area contributed by atoms with E-state index in [-0.39, 0.29) is 17.9 Å². The molecule has 37 heavy (non-hydrogen) atoms. The lowest BCUT2D eigenvalue weighted by Crippen LogP contribution is -2.29. The van der Waals surface area contributed by atoms with Gasteiger partial charge in [-0.05, 0) is 55.2 Å². The number of nitrogens with zero attached hydrogens (tertiary/aromatic N) is 1. The van der Waals surface area contributed by atoms with E-state index in [9.17, 15) is 14.7 Å². The first-order valence-corrected chi connectivity index (χ1v) is 12.6. The number of benzene rings is 3. The Morgan fingerprint density at radius 3 is 2.43 bits per heavy atom. The molecular weight excluding hydrogens is 466 g/mol. The molecule has 1 fully saturated rings. The highest BCUT2D eigenvalue weighted by Gasteiger charge is 2.46. The molecule has 0 aromatic heterocycles. The Kier molecular flexibility index (Phi) is 7.97. The highest BCUT2D eigenvalue weighted by Crippen LogP contribution is 2.43. The molecule has 6 heteroatoms. The van der Waals surface area contributed by atoms with Crippen molar-refractivity contribution >= 4 is 17.4 Å². The molecule has 4 rings (SSSR count). The van der Waals surface area contributed by atoms with Crippen LogP contribution in [0.1, 0.15) is 53.6 Å². The maximum Gasteiger partial charge on any atom is 0.295 e. The topological polar surface area (TPSA) is 76.1 Å². The molecule has 1 saturated heterocycles. The van der Waals surface area contributed by atoms with E-state index in [4.69, 9.17) is 9.47 Å². The summed E-state index contributed by atoms with van der Waals surface area (Å²) in [5.41, 5.74) is 3.89. The summed E-state index contributed by atoms with van der Waals surface area (Å²) in [7, 11) is 1.56. The summed E-state index contributed by atoms with van der Waals surface area (Å²) in [5, 5.41) is 11.5. The Bertz CT molecular complexity index is 1330. The van der Waals surface area contributed by atoms with Crippen LogP contribution in [0.2, 0.25) is 0 Å². The van der Waals surface area contributed by atoms with Gasteiger partial charge in [-0.25, -0.2) is 0 Å². The summed E-state index contributed by atoms with van der Waals surface area (Å²) in [6, 6.07) is 19.8. The largest absolute Gasteiger partial charge is 0.507 e. The van der Waals surface area contributed by atoms with Crippen LogP contribution in [0.25, 0.3) is 5.76 Å². The van der Waals surface area contributed by atoms with Gasteiger partial charge in [0.25, 0.3) is 11.7 Å². The number of rotatable bonds is 9. The minimum atomic E-state index is -0.793. The van der Waals surface area contributed by atoms with Crippen LogP contribution in [0.5, 0.6) is 11.5 Å². The summed E-state index contributed by atoms with van der Waals surface area (Å²) in [6.45, 7) is 6.66. The molecule has 3 aromatic carbocycles. The number of Topliss-reactive ketones (excluding diaryl/α,β-unsaturated/α-hetero) is 1. The van der Waals surface area contributed by atoms with Crippen molar-refractivity contribution in [1.29, 1.82) is 0 Å². The van der Waals surface area contributed by atoms with E-state index >= 15 is 0 Å². The van der Waals surface area contributed by atoms with Gasteiger partial charge in [0, 0.05) is 12.1 Å². The van der Waals surface area contributed by atoms with E-state index < -0.39 is 17.7 Å². The fourth-order valence-corrected chi connectivity index (χ4v) is 4.61. The van der Waals surface area contributed by atoms with Crippen LogP contribution >= 0.6 is 0 Å². The lowest BCUT2D eigenvalue weighted by atomic mass is 9.93. The van der Waals surface area contributed by atoms with Crippen LogP contribution in [-0.2, 0) is 16.1 Å². The van der Waals surface area contributed by atoms with E-state index in [1.807, 2.05) is 68.4 Å². The zero-order valence-electron chi connectivity index (χ0n) is 21.8. The fourth-order valence-electron chi connectivity index (χ4n) is 4.61. The van der Waals surface area contributed by atoms with Crippen molar-refractivity contribution in [3.63, 3.8) is 0 Å². The number of carbonyl (C=O) groups is 2. The molecule has 1 unspecified atom stereocenters. The van der Waals surface area contributed by atoms with E-state index in [2.05, 4.69) is 6.92 Å². The third kappa shape index (κ3) is 5.38. The van der Waals surface area contributed by atoms with E-state index in [0.29, 0.717) is 29.2 Å². The number of methoxy groups -OCH3 is 1. The number of hydrogen-bond donors (Lipinski definition) is 1. The smallest absolute Gasteiger partial charge is 0.295 e. The molecule has 0 bridgehead atoms. The second-order valence-corrected chi connectivity index (χ2v) is 9.34. The normalized spacial score (nSPS) is 16.8. The fraction of sp³-hybridized carbons (Fsp3) is 0.290. The van der Waals surface area contributed by atoms with Gasteiger partial charge in [-0.3, -0.25) is 9.59 Å². The molecule has 0 radical (unpaired) electrons. The molecule has 6 nitrogen and oxygen atoms in total. The number of ketones is 1. The average molecular weight is 500 g/mol. The number of aryl methyl sites for hydroxylation is 2. The number of aliphatic hydroxyl groups is 1. The van der Waals surface area contributed by atoms with Crippen molar-refractivity contribution in [3.05, 3.63) is 100 Å². The number of hydrogen-bond acceptors (Lipinski definition) is 5. The van der Waals surface area contributed by atoms with E-state index in [1.54, 1.807) is 19.2 Å². The average Bonchev–Trinajstić information content (AvgIpc) is 3.15. The molecule has 1 N–H and O–H groups in total. The molecular formula is C31H33NO5. The van der Waals surface area contributed by atoms with Gasteiger partial charge in [0.2, 0.25) is 0 Å². The molecule has 192 valence electrons. The third-order valence-corrected chi connectivity index (χ3v) is 6.64. The van der Waals surface area contributed by atoms with Crippen LogP contribution in [0.15, 0.2) is 72.3 Å². The first-order chi connectivity index (χ1) is 17.8. The summed E-state index contributed by atoms with van der Waals surface area (Å²) >= 11 is 0. The Morgan fingerprint density at radius 1 is 0.973 bits per heavy atom. The van der Waals surface area contributed by atoms with Crippen LogP contribution in [-0.4, -0.2) is 35.4 Å². The Hall–Kier alpha value is -4.06. The molecule has 1 aliphatic rings. The number of carbonyl (C=O) groups excluding carboxylic acids is 2. The van der Waals surface area contributed by atoms with E-state index in [1.165, 1.54) is 4.90 Å². The van der Waals surface area contributed by atoms with Gasteiger partial charge < -0.3 is 19.5 Å². The molecule has 0 saturated carbocycles. The van der Waals surface area contributed by atoms with Gasteiger partial charge in [0.1, 0.15) is 5.76 Å². The number of unbranched alkanes of at least 4 members (excludes halogenated alkanes) is 1. The van der Waals surface area contributed by atoms with Crippen molar-refractivity contribution in [1.82, 2.24) is 4.90 Å². The quantitative estimate of drug-likeness (QED) is 0.166. The predicted octanol–water partition coefficient (Wildman–Crippen LogP) is 6.11. The van der Waals surface area contributed by atoms with Crippen molar-refractivity contribution in [3.8, 4) is 11.5 Å². The molecule has 0 spiro atoms.